The highest BCUT2D eigenvalue weighted by Gasteiger charge is 2.30. The van der Waals surface area contributed by atoms with Gasteiger partial charge in [-0.1, -0.05) is 12.1 Å². The fourth-order valence-corrected chi connectivity index (χ4v) is 1.55. The van der Waals surface area contributed by atoms with E-state index in [1.807, 2.05) is 0 Å². The third kappa shape index (κ3) is 3.31. The predicted octanol–water partition coefficient (Wildman–Crippen LogP) is 3.60. The summed E-state index contributed by atoms with van der Waals surface area (Å²) in [5.74, 6) is -1.27. The minimum absolute atomic E-state index is 0.224. The fourth-order valence-electron chi connectivity index (χ4n) is 1.55. The second-order valence-electron chi connectivity index (χ2n) is 3.79. The van der Waals surface area contributed by atoms with Gasteiger partial charge >= 0.3 is 6.36 Å². The number of benzene rings is 1. The molecule has 0 radical (unpaired) electrons. The summed E-state index contributed by atoms with van der Waals surface area (Å²) in [4.78, 5) is 14.0. The van der Waals surface area contributed by atoms with Crippen molar-refractivity contribution in [1.29, 1.82) is 0 Å². The van der Waals surface area contributed by atoms with E-state index in [0.29, 0.717) is 17.4 Å². The summed E-state index contributed by atoms with van der Waals surface area (Å²) in [7, 11) is 0. The molecule has 1 heterocycles. The summed E-state index contributed by atoms with van der Waals surface area (Å²) in [5, 5.41) is 0. The van der Waals surface area contributed by atoms with Crippen LogP contribution >= 0.6 is 0 Å². The van der Waals surface area contributed by atoms with E-state index in [9.17, 15) is 22.4 Å². The van der Waals surface area contributed by atoms with Gasteiger partial charge < -0.3 is 4.74 Å². The number of rotatable bonds is 3. The molecule has 20 heavy (non-hydrogen) atoms. The van der Waals surface area contributed by atoms with Gasteiger partial charge in [-0.3, -0.25) is 4.79 Å². The van der Waals surface area contributed by atoms with Gasteiger partial charge in [-0.25, -0.2) is 4.98 Å². The fraction of sp³-hybridized carbons (Fsp3) is 0.0769. The molecule has 1 aromatic carbocycles. The summed E-state index contributed by atoms with van der Waals surface area (Å²) in [5.41, 5.74) is 0.667. The summed E-state index contributed by atoms with van der Waals surface area (Å²) in [6.07, 6.45) is -3.27. The van der Waals surface area contributed by atoms with Gasteiger partial charge in [0.2, 0.25) is 5.95 Å². The minimum Gasteiger partial charge on any atom is -0.406 e. The Labute approximate surface area is 110 Å². The molecule has 0 aliphatic carbocycles. The van der Waals surface area contributed by atoms with E-state index < -0.39 is 12.3 Å². The molecule has 0 aliphatic heterocycles. The summed E-state index contributed by atoms with van der Waals surface area (Å²) in [6, 6.07) is 6.20. The lowest BCUT2D eigenvalue weighted by atomic mass is 10.1. The molecular formula is C13H7F4NO2. The van der Waals surface area contributed by atoms with Gasteiger partial charge in [0.1, 0.15) is 5.75 Å². The molecule has 0 saturated heterocycles. The number of alkyl halides is 3. The lowest BCUT2D eigenvalue weighted by molar-refractivity contribution is -0.274. The summed E-state index contributed by atoms with van der Waals surface area (Å²) >= 11 is 0. The van der Waals surface area contributed by atoms with Crippen molar-refractivity contribution < 1.29 is 27.1 Å². The Morgan fingerprint density at radius 1 is 1.10 bits per heavy atom. The van der Waals surface area contributed by atoms with Gasteiger partial charge in [-0.05, 0) is 23.8 Å². The SMILES string of the molecule is O=Cc1cc(-c2ccc(OC(F)(F)F)cc2)cnc1F. The molecule has 104 valence electrons. The van der Waals surface area contributed by atoms with Crippen LogP contribution in [0.15, 0.2) is 36.5 Å². The summed E-state index contributed by atoms with van der Waals surface area (Å²) in [6.45, 7) is 0. The number of aromatic nitrogens is 1. The Bertz CT molecular complexity index is 623. The number of carbonyl (C=O) groups is 1. The largest absolute Gasteiger partial charge is 0.573 e. The first-order valence-electron chi connectivity index (χ1n) is 5.36. The zero-order valence-electron chi connectivity index (χ0n) is 9.82. The third-order valence-corrected chi connectivity index (χ3v) is 2.41. The van der Waals surface area contributed by atoms with E-state index in [2.05, 4.69) is 9.72 Å². The molecule has 7 heteroatoms. The van der Waals surface area contributed by atoms with Gasteiger partial charge in [0.15, 0.2) is 6.29 Å². The van der Waals surface area contributed by atoms with Gasteiger partial charge in [-0.15, -0.1) is 13.2 Å². The van der Waals surface area contributed by atoms with Crippen molar-refractivity contribution in [3.63, 3.8) is 0 Å². The first-order valence-corrected chi connectivity index (χ1v) is 5.36. The zero-order chi connectivity index (χ0) is 14.8. The van der Waals surface area contributed by atoms with E-state index in [-0.39, 0.29) is 11.3 Å². The van der Waals surface area contributed by atoms with Crippen LogP contribution in [0, 0.1) is 5.95 Å². The molecule has 2 aromatic rings. The van der Waals surface area contributed by atoms with Crippen molar-refractivity contribution in [2.24, 2.45) is 0 Å². The van der Waals surface area contributed by atoms with Crippen LogP contribution in [-0.4, -0.2) is 17.6 Å². The van der Waals surface area contributed by atoms with E-state index in [0.717, 1.165) is 12.1 Å². The second kappa shape index (κ2) is 5.28. The van der Waals surface area contributed by atoms with Gasteiger partial charge in [-0.2, -0.15) is 4.39 Å². The van der Waals surface area contributed by atoms with Crippen molar-refractivity contribution in [2.45, 2.75) is 6.36 Å². The number of aldehydes is 1. The standard InChI is InChI=1S/C13H7F4NO2/c14-12-10(7-19)5-9(6-18-12)8-1-3-11(4-2-8)20-13(15,16)17/h1-7H. The first-order chi connectivity index (χ1) is 9.39. The van der Waals surface area contributed by atoms with Gasteiger partial charge in [0.05, 0.1) is 5.56 Å². The lowest BCUT2D eigenvalue weighted by Crippen LogP contribution is -2.16. The molecule has 3 nitrogen and oxygen atoms in total. The normalized spacial score (nSPS) is 11.2. The van der Waals surface area contributed by atoms with E-state index in [4.69, 9.17) is 0 Å². The highest BCUT2D eigenvalue weighted by molar-refractivity contribution is 5.78. The third-order valence-electron chi connectivity index (χ3n) is 2.41. The van der Waals surface area contributed by atoms with Crippen molar-refractivity contribution in [1.82, 2.24) is 4.98 Å². The Hall–Kier alpha value is -2.44. The average molecular weight is 285 g/mol. The van der Waals surface area contributed by atoms with E-state index >= 15 is 0 Å². The Morgan fingerprint density at radius 2 is 1.75 bits per heavy atom. The van der Waals surface area contributed by atoms with Crippen molar-refractivity contribution in [3.05, 3.63) is 48.0 Å². The monoisotopic (exact) mass is 285 g/mol. The Morgan fingerprint density at radius 3 is 2.30 bits per heavy atom. The average Bonchev–Trinajstić information content (AvgIpc) is 2.38. The van der Waals surface area contributed by atoms with Crippen molar-refractivity contribution in [2.75, 3.05) is 0 Å². The number of carbonyl (C=O) groups excluding carboxylic acids is 1. The number of halogens is 4. The molecule has 1 aromatic heterocycles. The molecule has 0 N–H and O–H groups in total. The minimum atomic E-state index is -4.76. The van der Waals surface area contributed by atoms with Crippen molar-refractivity contribution >= 4 is 6.29 Å². The summed E-state index contributed by atoms with van der Waals surface area (Å²) < 4.78 is 52.8. The number of nitrogens with zero attached hydrogens (tertiary/aromatic N) is 1. The highest BCUT2D eigenvalue weighted by Crippen LogP contribution is 2.26. The molecule has 2 rings (SSSR count). The number of pyridine rings is 1. The smallest absolute Gasteiger partial charge is 0.406 e. The highest BCUT2D eigenvalue weighted by atomic mass is 19.4. The molecule has 0 bridgehead atoms. The molecular weight excluding hydrogens is 278 g/mol. The molecule has 0 unspecified atom stereocenters. The predicted molar refractivity (Wildman–Crippen MR) is 61.7 cm³/mol. The molecule has 0 saturated carbocycles. The second-order valence-corrected chi connectivity index (χ2v) is 3.79. The molecule has 0 fully saturated rings. The van der Waals surface area contributed by atoms with Crippen LogP contribution in [-0.2, 0) is 0 Å². The van der Waals surface area contributed by atoms with Gasteiger partial charge in [0, 0.05) is 11.8 Å². The quantitative estimate of drug-likeness (QED) is 0.491. The number of ether oxygens (including phenoxy) is 1. The number of hydrogen-bond acceptors (Lipinski definition) is 3. The maximum atomic E-state index is 13.0. The van der Waals surface area contributed by atoms with Crippen LogP contribution in [0.25, 0.3) is 11.1 Å². The van der Waals surface area contributed by atoms with Crippen LogP contribution in [0.1, 0.15) is 10.4 Å². The lowest BCUT2D eigenvalue weighted by Gasteiger charge is -2.09. The van der Waals surface area contributed by atoms with E-state index in [1.54, 1.807) is 0 Å². The maximum Gasteiger partial charge on any atom is 0.573 e. The van der Waals surface area contributed by atoms with E-state index in [1.165, 1.54) is 24.4 Å². The van der Waals surface area contributed by atoms with Gasteiger partial charge in [0.25, 0.3) is 0 Å². The van der Waals surface area contributed by atoms with Crippen LogP contribution in [0.4, 0.5) is 17.6 Å². The topological polar surface area (TPSA) is 39.2 Å². The molecule has 0 aliphatic rings. The number of hydrogen-bond donors (Lipinski definition) is 0. The first kappa shape index (κ1) is 14.0. The molecule has 0 spiro atoms. The Kier molecular flexibility index (Phi) is 3.69. The van der Waals surface area contributed by atoms with Crippen LogP contribution < -0.4 is 4.74 Å². The molecule has 0 amide bonds. The van der Waals surface area contributed by atoms with Crippen LogP contribution in [0.3, 0.4) is 0 Å². The van der Waals surface area contributed by atoms with Crippen molar-refractivity contribution in [3.8, 4) is 16.9 Å². The maximum absolute atomic E-state index is 13.0. The zero-order valence-corrected chi connectivity index (χ0v) is 9.82. The molecule has 0 atom stereocenters. The van der Waals surface area contributed by atoms with Crippen LogP contribution in [0.5, 0.6) is 5.75 Å². The Balaban J connectivity index is 2.28. The van der Waals surface area contributed by atoms with Crippen LogP contribution in [0.2, 0.25) is 0 Å².